The van der Waals surface area contributed by atoms with Gasteiger partial charge in [-0.05, 0) is 52.9 Å². The van der Waals surface area contributed by atoms with Crippen molar-refractivity contribution in [3.63, 3.8) is 0 Å². The molecular weight excluding hydrogens is 327 g/mol. The zero-order valence-corrected chi connectivity index (χ0v) is 11.0. The number of aromatic amines is 1. The van der Waals surface area contributed by atoms with Gasteiger partial charge in [0.1, 0.15) is 11.6 Å². The number of H-pyrrole nitrogens is 1. The lowest BCUT2D eigenvalue weighted by atomic mass is 10.2. The Morgan fingerprint density at radius 2 is 1.94 bits per heavy atom. The molecule has 0 spiro atoms. The van der Waals surface area contributed by atoms with Gasteiger partial charge < -0.3 is 10.1 Å². The first kappa shape index (κ1) is 10.6. The number of aromatic nitrogens is 2. The number of hydrogen-bond donors (Lipinski definition) is 2. The number of nitrogens with zero attached hydrogens (tertiary/aromatic N) is 1. The molecule has 3 rings (SSSR count). The smallest absolute Gasteiger partial charge is 0.139 e. The van der Waals surface area contributed by atoms with Gasteiger partial charge in [0.05, 0.1) is 11.0 Å². The number of imidazole rings is 1. The predicted molar refractivity (Wildman–Crippen MR) is 75.9 cm³/mol. The van der Waals surface area contributed by atoms with Gasteiger partial charge in [-0.1, -0.05) is 12.1 Å². The molecule has 3 aromatic rings. The van der Waals surface area contributed by atoms with Crippen LogP contribution in [-0.2, 0) is 0 Å². The van der Waals surface area contributed by atoms with E-state index in [4.69, 9.17) is 0 Å². The highest BCUT2D eigenvalue weighted by Crippen LogP contribution is 2.28. The number of phenolic OH excluding ortho intramolecular Hbond substituents is 1. The van der Waals surface area contributed by atoms with E-state index in [1.807, 2.05) is 30.3 Å². The van der Waals surface area contributed by atoms with E-state index in [1.54, 1.807) is 12.1 Å². The molecule has 0 bridgehead atoms. The van der Waals surface area contributed by atoms with Crippen LogP contribution in [-0.4, -0.2) is 15.1 Å². The molecule has 0 unspecified atom stereocenters. The summed E-state index contributed by atoms with van der Waals surface area (Å²) in [6, 6.07) is 13.1. The lowest BCUT2D eigenvalue weighted by Gasteiger charge is -2.01. The van der Waals surface area contributed by atoms with Crippen LogP contribution in [0.1, 0.15) is 0 Å². The van der Waals surface area contributed by atoms with E-state index >= 15 is 0 Å². The monoisotopic (exact) mass is 336 g/mol. The van der Waals surface area contributed by atoms with E-state index in [2.05, 4.69) is 32.6 Å². The number of fused-ring (bicyclic) bond motifs is 1. The number of halogens is 1. The van der Waals surface area contributed by atoms with Crippen LogP contribution in [0, 0.1) is 3.57 Å². The minimum absolute atomic E-state index is 0.251. The average Bonchev–Trinajstić information content (AvgIpc) is 2.75. The normalized spacial score (nSPS) is 10.9. The number of para-hydroxylation sites is 2. The topological polar surface area (TPSA) is 48.9 Å². The molecule has 0 aliphatic carbocycles. The third-order valence-electron chi connectivity index (χ3n) is 2.59. The average molecular weight is 336 g/mol. The number of hydrogen-bond acceptors (Lipinski definition) is 2. The van der Waals surface area contributed by atoms with Crippen molar-refractivity contribution in [3.8, 4) is 17.1 Å². The Bertz CT molecular complexity index is 658. The fourth-order valence-corrected chi connectivity index (χ4v) is 2.37. The van der Waals surface area contributed by atoms with Gasteiger partial charge in [0, 0.05) is 9.13 Å². The molecule has 0 fully saturated rings. The van der Waals surface area contributed by atoms with Gasteiger partial charge in [-0.15, -0.1) is 0 Å². The summed E-state index contributed by atoms with van der Waals surface area (Å²) in [4.78, 5) is 7.77. The van der Waals surface area contributed by atoms with Crippen molar-refractivity contribution in [1.82, 2.24) is 9.97 Å². The summed E-state index contributed by atoms with van der Waals surface area (Å²) in [5, 5.41) is 9.53. The van der Waals surface area contributed by atoms with Crippen molar-refractivity contribution in [1.29, 1.82) is 0 Å². The van der Waals surface area contributed by atoms with Gasteiger partial charge in [-0.3, -0.25) is 0 Å². The summed E-state index contributed by atoms with van der Waals surface area (Å²) >= 11 is 2.23. The zero-order valence-electron chi connectivity index (χ0n) is 8.81. The molecule has 17 heavy (non-hydrogen) atoms. The molecule has 2 N–H and O–H groups in total. The Hall–Kier alpha value is -1.56. The minimum atomic E-state index is 0.251. The SMILES string of the molecule is Oc1ccc(I)c(-c2nc3ccccc3[nH]2)c1. The molecule has 0 saturated heterocycles. The molecule has 0 saturated carbocycles. The summed E-state index contributed by atoms with van der Waals surface area (Å²) in [5.74, 6) is 1.03. The fourth-order valence-electron chi connectivity index (χ4n) is 1.78. The van der Waals surface area contributed by atoms with E-state index in [0.29, 0.717) is 0 Å². The van der Waals surface area contributed by atoms with Gasteiger partial charge in [-0.25, -0.2) is 4.98 Å². The Morgan fingerprint density at radius 1 is 1.12 bits per heavy atom. The number of rotatable bonds is 1. The second kappa shape index (κ2) is 4.03. The molecule has 2 aromatic carbocycles. The summed E-state index contributed by atoms with van der Waals surface area (Å²) < 4.78 is 1.06. The number of nitrogens with one attached hydrogen (secondary N) is 1. The molecule has 3 nitrogen and oxygen atoms in total. The Balaban J connectivity index is 2.23. The first-order valence-corrected chi connectivity index (χ1v) is 6.25. The molecule has 84 valence electrons. The molecule has 0 aliphatic rings. The highest BCUT2D eigenvalue weighted by molar-refractivity contribution is 14.1. The largest absolute Gasteiger partial charge is 0.508 e. The first-order valence-electron chi connectivity index (χ1n) is 5.18. The Kier molecular flexibility index (Phi) is 2.51. The van der Waals surface area contributed by atoms with E-state index in [-0.39, 0.29) is 5.75 Å². The maximum absolute atomic E-state index is 9.53. The molecule has 0 aliphatic heterocycles. The van der Waals surface area contributed by atoms with Crippen LogP contribution >= 0.6 is 22.6 Å². The number of phenols is 1. The van der Waals surface area contributed by atoms with Crippen molar-refractivity contribution in [2.24, 2.45) is 0 Å². The van der Waals surface area contributed by atoms with Crippen LogP contribution < -0.4 is 0 Å². The molecular formula is C13H9IN2O. The van der Waals surface area contributed by atoms with E-state index in [0.717, 1.165) is 26.0 Å². The summed E-state index contributed by atoms with van der Waals surface area (Å²) in [5.41, 5.74) is 2.85. The molecule has 1 aromatic heterocycles. The predicted octanol–water partition coefficient (Wildman–Crippen LogP) is 3.54. The third-order valence-corrected chi connectivity index (χ3v) is 3.54. The lowest BCUT2D eigenvalue weighted by molar-refractivity contribution is 0.475. The maximum atomic E-state index is 9.53. The van der Waals surface area contributed by atoms with Crippen molar-refractivity contribution in [3.05, 3.63) is 46.0 Å². The van der Waals surface area contributed by atoms with Crippen LogP contribution in [0.4, 0.5) is 0 Å². The maximum Gasteiger partial charge on any atom is 0.139 e. The molecule has 4 heteroatoms. The third kappa shape index (κ3) is 1.88. The first-order chi connectivity index (χ1) is 8.24. The molecule has 0 amide bonds. The van der Waals surface area contributed by atoms with Gasteiger partial charge >= 0.3 is 0 Å². The van der Waals surface area contributed by atoms with Crippen molar-refractivity contribution >= 4 is 33.6 Å². The van der Waals surface area contributed by atoms with Gasteiger partial charge in [0.25, 0.3) is 0 Å². The van der Waals surface area contributed by atoms with Gasteiger partial charge in [0.15, 0.2) is 0 Å². The van der Waals surface area contributed by atoms with Crippen LogP contribution in [0.25, 0.3) is 22.4 Å². The minimum Gasteiger partial charge on any atom is -0.508 e. The summed E-state index contributed by atoms with van der Waals surface area (Å²) in [7, 11) is 0. The van der Waals surface area contributed by atoms with Crippen LogP contribution in [0.2, 0.25) is 0 Å². The zero-order chi connectivity index (χ0) is 11.8. The van der Waals surface area contributed by atoms with Gasteiger partial charge in [-0.2, -0.15) is 0 Å². The number of aromatic hydroxyl groups is 1. The van der Waals surface area contributed by atoms with E-state index in [9.17, 15) is 5.11 Å². The summed E-state index contributed by atoms with van der Waals surface area (Å²) in [6.07, 6.45) is 0. The fraction of sp³-hybridized carbons (Fsp3) is 0. The van der Waals surface area contributed by atoms with Crippen LogP contribution in [0.5, 0.6) is 5.75 Å². The van der Waals surface area contributed by atoms with Gasteiger partial charge in [0.2, 0.25) is 0 Å². The highest BCUT2D eigenvalue weighted by Gasteiger charge is 2.08. The Labute approximate surface area is 112 Å². The lowest BCUT2D eigenvalue weighted by Crippen LogP contribution is -1.84. The second-order valence-electron chi connectivity index (χ2n) is 3.77. The van der Waals surface area contributed by atoms with Crippen molar-refractivity contribution in [2.45, 2.75) is 0 Å². The molecule has 0 atom stereocenters. The highest BCUT2D eigenvalue weighted by atomic mass is 127. The van der Waals surface area contributed by atoms with Crippen LogP contribution in [0.3, 0.4) is 0 Å². The molecule has 0 radical (unpaired) electrons. The summed E-state index contributed by atoms with van der Waals surface area (Å²) in [6.45, 7) is 0. The van der Waals surface area contributed by atoms with E-state index in [1.165, 1.54) is 0 Å². The quantitative estimate of drug-likeness (QED) is 0.668. The van der Waals surface area contributed by atoms with Crippen molar-refractivity contribution < 1.29 is 5.11 Å². The standard InChI is InChI=1S/C13H9IN2O/c14-10-6-5-8(17)7-9(10)13-15-11-3-1-2-4-12(11)16-13/h1-7,17H,(H,15,16). The Morgan fingerprint density at radius 3 is 2.76 bits per heavy atom. The number of benzene rings is 2. The van der Waals surface area contributed by atoms with Crippen molar-refractivity contribution in [2.75, 3.05) is 0 Å². The second-order valence-corrected chi connectivity index (χ2v) is 4.93. The molecule has 1 heterocycles. The van der Waals surface area contributed by atoms with Crippen LogP contribution in [0.15, 0.2) is 42.5 Å². The van der Waals surface area contributed by atoms with E-state index < -0.39 is 0 Å².